The minimum atomic E-state index is -3.87. The Morgan fingerprint density at radius 1 is 1.15 bits per heavy atom. The van der Waals surface area contributed by atoms with E-state index >= 15 is 0 Å². The Morgan fingerprint density at radius 2 is 1.85 bits per heavy atom. The number of sulfone groups is 1. The smallest absolute Gasteiger partial charge is 0.216 e. The molecule has 2 aromatic rings. The molecule has 0 saturated heterocycles. The Bertz CT molecular complexity index is 926. The highest BCUT2D eigenvalue weighted by atomic mass is 32.2. The zero-order valence-electron chi connectivity index (χ0n) is 15.0. The van der Waals surface area contributed by atoms with Gasteiger partial charge in [-0.25, -0.2) is 8.42 Å². The summed E-state index contributed by atoms with van der Waals surface area (Å²) in [7, 11) is -2.36. The summed E-state index contributed by atoms with van der Waals surface area (Å²) in [4.78, 5) is -0.252. The van der Waals surface area contributed by atoms with Gasteiger partial charge < -0.3 is 9.47 Å². The number of nitriles is 1. The number of hydrogen-bond donors (Lipinski definition) is 0. The van der Waals surface area contributed by atoms with Crippen LogP contribution in [0.1, 0.15) is 19.4 Å². The standard InChI is InChI=1S/C20H21NO4S/c1-15(2)14-25-19-10-9-16(12-20(19)24-3)11-18(13-21)26(22,23)17-7-5-4-6-8-17/h4-12,15H,14H2,1-3H3. The van der Waals surface area contributed by atoms with Crippen LogP contribution in [0.3, 0.4) is 0 Å². The van der Waals surface area contributed by atoms with Crippen LogP contribution >= 0.6 is 0 Å². The number of benzene rings is 2. The second-order valence-electron chi connectivity index (χ2n) is 6.05. The third-order valence-corrected chi connectivity index (χ3v) is 5.19. The largest absolute Gasteiger partial charge is 0.493 e. The molecular formula is C20H21NO4S. The number of ether oxygens (including phenoxy) is 2. The molecule has 0 amide bonds. The monoisotopic (exact) mass is 371 g/mol. The fourth-order valence-electron chi connectivity index (χ4n) is 2.20. The third kappa shape index (κ3) is 4.64. The van der Waals surface area contributed by atoms with Crippen LogP contribution in [0.5, 0.6) is 11.5 Å². The first-order chi connectivity index (χ1) is 12.4. The minimum Gasteiger partial charge on any atom is -0.493 e. The lowest BCUT2D eigenvalue weighted by Gasteiger charge is -2.13. The van der Waals surface area contributed by atoms with Crippen LogP contribution < -0.4 is 9.47 Å². The van der Waals surface area contributed by atoms with Crippen LogP contribution in [0.25, 0.3) is 6.08 Å². The molecule has 0 fully saturated rings. The number of nitrogens with zero attached hydrogens (tertiary/aromatic N) is 1. The Balaban J connectivity index is 2.39. The van der Waals surface area contributed by atoms with E-state index in [1.54, 1.807) is 42.5 Å². The Hall–Kier alpha value is -2.78. The number of allylic oxidation sites excluding steroid dienone is 1. The van der Waals surface area contributed by atoms with Gasteiger partial charge in [0.2, 0.25) is 9.84 Å². The molecule has 136 valence electrons. The summed E-state index contributed by atoms with van der Waals surface area (Å²) in [5.41, 5.74) is 0.537. The number of hydrogen-bond acceptors (Lipinski definition) is 5. The minimum absolute atomic E-state index is 0.0802. The molecule has 0 N–H and O–H groups in total. The van der Waals surface area contributed by atoms with Gasteiger partial charge in [-0.15, -0.1) is 0 Å². The second-order valence-corrected chi connectivity index (χ2v) is 7.97. The SMILES string of the molecule is COc1cc(C=C(C#N)S(=O)(=O)c2ccccc2)ccc1OCC(C)C. The Morgan fingerprint density at radius 3 is 2.42 bits per heavy atom. The summed E-state index contributed by atoms with van der Waals surface area (Å²) in [6.45, 7) is 4.62. The van der Waals surface area contributed by atoms with Crippen LogP contribution in [0.15, 0.2) is 58.3 Å². The second kappa shape index (κ2) is 8.54. The third-order valence-electron chi connectivity index (χ3n) is 3.51. The molecule has 0 aliphatic carbocycles. The molecular weight excluding hydrogens is 350 g/mol. The molecule has 0 bridgehead atoms. The maximum Gasteiger partial charge on any atom is 0.216 e. The lowest BCUT2D eigenvalue weighted by Crippen LogP contribution is -2.05. The van der Waals surface area contributed by atoms with E-state index in [1.807, 2.05) is 13.8 Å². The molecule has 0 aliphatic heterocycles. The molecule has 0 unspecified atom stereocenters. The summed E-state index contributed by atoms with van der Waals surface area (Å²) in [5.74, 6) is 1.41. The summed E-state index contributed by atoms with van der Waals surface area (Å²) < 4.78 is 36.2. The highest BCUT2D eigenvalue weighted by Crippen LogP contribution is 2.30. The van der Waals surface area contributed by atoms with Gasteiger partial charge in [-0.05, 0) is 41.8 Å². The summed E-state index contributed by atoms with van der Waals surface area (Å²) in [6.07, 6.45) is 1.33. The van der Waals surface area contributed by atoms with Crippen molar-refractivity contribution in [1.82, 2.24) is 0 Å². The van der Waals surface area contributed by atoms with E-state index in [0.29, 0.717) is 29.6 Å². The van der Waals surface area contributed by atoms with Crippen molar-refractivity contribution >= 4 is 15.9 Å². The average molecular weight is 371 g/mol. The number of rotatable bonds is 7. The molecule has 0 atom stereocenters. The van der Waals surface area contributed by atoms with E-state index in [0.717, 1.165) is 0 Å². The van der Waals surface area contributed by atoms with E-state index in [4.69, 9.17) is 9.47 Å². The van der Waals surface area contributed by atoms with Gasteiger partial charge in [-0.3, -0.25) is 0 Å². The van der Waals surface area contributed by atoms with Gasteiger partial charge in [-0.2, -0.15) is 5.26 Å². The first-order valence-electron chi connectivity index (χ1n) is 8.11. The predicted molar refractivity (Wildman–Crippen MR) is 101 cm³/mol. The highest BCUT2D eigenvalue weighted by Gasteiger charge is 2.20. The van der Waals surface area contributed by atoms with E-state index in [-0.39, 0.29) is 9.80 Å². The molecule has 2 rings (SSSR count). The molecule has 2 aromatic carbocycles. The van der Waals surface area contributed by atoms with Gasteiger partial charge in [0, 0.05) is 0 Å². The van der Waals surface area contributed by atoms with Crippen molar-refractivity contribution < 1.29 is 17.9 Å². The fraction of sp³-hybridized carbons (Fsp3) is 0.250. The molecule has 26 heavy (non-hydrogen) atoms. The van der Waals surface area contributed by atoms with E-state index in [9.17, 15) is 13.7 Å². The molecule has 6 heteroatoms. The van der Waals surface area contributed by atoms with Crippen molar-refractivity contribution in [1.29, 1.82) is 5.26 Å². The van der Waals surface area contributed by atoms with Gasteiger partial charge in [-0.1, -0.05) is 38.1 Å². The van der Waals surface area contributed by atoms with Crippen molar-refractivity contribution in [3.8, 4) is 17.6 Å². The van der Waals surface area contributed by atoms with E-state index < -0.39 is 9.84 Å². The fourth-order valence-corrected chi connectivity index (χ4v) is 3.38. The van der Waals surface area contributed by atoms with Crippen LogP contribution in [-0.2, 0) is 9.84 Å². The van der Waals surface area contributed by atoms with Crippen molar-refractivity contribution in [3.05, 3.63) is 59.0 Å². The first kappa shape index (κ1) is 19.5. The molecule has 0 aromatic heterocycles. The lowest BCUT2D eigenvalue weighted by atomic mass is 10.2. The topological polar surface area (TPSA) is 76.4 Å². The van der Waals surface area contributed by atoms with Crippen molar-refractivity contribution in [3.63, 3.8) is 0 Å². The zero-order valence-corrected chi connectivity index (χ0v) is 15.8. The van der Waals surface area contributed by atoms with Gasteiger partial charge in [0.05, 0.1) is 18.6 Å². The first-order valence-corrected chi connectivity index (χ1v) is 9.59. The quantitative estimate of drug-likeness (QED) is 0.686. The van der Waals surface area contributed by atoms with Crippen LogP contribution in [0.4, 0.5) is 0 Å². The van der Waals surface area contributed by atoms with Crippen molar-refractivity contribution in [2.75, 3.05) is 13.7 Å². The number of methoxy groups -OCH3 is 1. The maximum absolute atomic E-state index is 12.6. The normalized spacial score (nSPS) is 11.9. The molecule has 0 heterocycles. The highest BCUT2D eigenvalue weighted by molar-refractivity contribution is 7.95. The van der Waals surface area contributed by atoms with Gasteiger partial charge in [0.15, 0.2) is 11.5 Å². The maximum atomic E-state index is 12.6. The van der Waals surface area contributed by atoms with Gasteiger partial charge in [0.25, 0.3) is 0 Å². The van der Waals surface area contributed by atoms with Gasteiger partial charge in [0.1, 0.15) is 11.0 Å². The molecule has 0 spiro atoms. The van der Waals surface area contributed by atoms with Crippen molar-refractivity contribution in [2.24, 2.45) is 5.92 Å². The zero-order chi connectivity index (χ0) is 19.2. The molecule has 0 saturated carbocycles. The lowest BCUT2D eigenvalue weighted by molar-refractivity contribution is 0.257. The average Bonchev–Trinajstić information content (AvgIpc) is 2.65. The Kier molecular flexibility index (Phi) is 6.42. The van der Waals surface area contributed by atoms with Crippen LogP contribution in [0, 0.1) is 17.2 Å². The Labute approximate surface area is 154 Å². The predicted octanol–water partition coefficient (Wildman–Crippen LogP) is 4.07. The van der Waals surface area contributed by atoms with E-state index in [1.165, 1.54) is 25.3 Å². The van der Waals surface area contributed by atoms with Crippen LogP contribution in [-0.4, -0.2) is 22.1 Å². The van der Waals surface area contributed by atoms with Gasteiger partial charge >= 0.3 is 0 Å². The summed E-state index contributed by atoms with van der Waals surface area (Å²) in [5, 5.41) is 9.36. The van der Waals surface area contributed by atoms with Crippen molar-refractivity contribution in [2.45, 2.75) is 18.7 Å². The van der Waals surface area contributed by atoms with Crippen LogP contribution in [0.2, 0.25) is 0 Å². The van der Waals surface area contributed by atoms with E-state index in [2.05, 4.69) is 0 Å². The molecule has 0 radical (unpaired) electrons. The summed E-state index contributed by atoms with van der Waals surface area (Å²) >= 11 is 0. The molecule has 0 aliphatic rings. The summed E-state index contributed by atoms with van der Waals surface area (Å²) in [6, 6.07) is 14.7. The molecule has 5 nitrogen and oxygen atoms in total.